The van der Waals surface area contributed by atoms with Crippen molar-refractivity contribution in [3.05, 3.63) is 121 Å². The van der Waals surface area contributed by atoms with Gasteiger partial charge in [-0.3, -0.25) is 0 Å². The van der Waals surface area contributed by atoms with Crippen LogP contribution in [0.25, 0.3) is 44.3 Å². The highest BCUT2D eigenvalue weighted by Crippen LogP contribution is 2.26. The molecule has 0 fully saturated rings. The van der Waals surface area contributed by atoms with Crippen molar-refractivity contribution in [3.63, 3.8) is 0 Å². The van der Waals surface area contributed by atoms with Gasteiger partial charge in [0.25, 0.3) is 0 Å². The van der Waals surface area contributed by atoms with Crippen molar-refractivity contribution >= 4 is 21.8 Å². The lowest BCUT2D eigenvalue weighted by atomic mass is 10.1. The van der Waals surface area contributed by atoms with Gasteiger partial charge in [0.1, 0.15) is 0 Å². The molecule has 0 saturated carbocycles. The van der Waals surface area contributed by atoms with Crippen LogP contribution in [0.5, 0.6) is 0 Å². The fourth-order valence-corrected chi connectivity index (χ4v) is 4.02. The second kappa shape index (κ2) is 8.37. The van der Waals surface area contributed by atoms with Crippen LogP contribution in [0.1, 0.15) is 0 Å². The molecule has 6 rings (SSSR count). The van der Waals surface area contributed by atoms with Gasteiger partial charge in [-0.2, -0.15) is 0 Å². The van der Waals surface area contributed by atoms with E-state index in [1.54, 1.807) is 0 Å². The van der Waals surface area contributed by atoms with Crippen LogP contribution in [0.4, 0.5) is 0 Å². The molecule has 0 unspecified atom stereocenters. The van der Waals surface area contributed by atoms with E-state index in [9.17, 15) is 0 Å². The Labute approximate surface area is 182 Å². The number of hydrogen-bond acceptors (Lipinski definition) is 0. The van der Waals surface area contributed by atoms with Gasteiger partial charge in [-0.05, 0) is 35.4 Å². The van der Waals surface area contributed by atoms with Crippen LogP contribution < -0.4 is 0 Å². The van der Waals surface area contributed by atoms with Crippen molar-refractivity contribution in [1.29, 1.82) is 0 Å². The van der Waals surface area contributed by atoms with Crippen LogP contribution in [0.3, 0.4) is 0 Å². The maximum absolute atomic E-state index is 3.41. The average Bonchev–Trinajstić information content (AvgIpc) is 3.42. The summed E-state index contributed by atoms with van der Waals surface area (Å²) in [6, 6.07) is 42.1. The molecule has 0 atom stereocenters. The Morgan fingerprint density at radius 1 is 0.548 bits per heavy atom. The first-order valence-electron chi connectivity index (χ1n) is 10.5. The summed E-state index contributed by atoms with van der Waals surface area (Å²) in [5.74, 6) is 0. The van der Waals surface area contributed by atoms with Crippen LogP contribution >= 0.6 is 0 Å². The highest BCUT2D eigenvalue weighted by Gasteiger charge is 2.06. The molecule has 1 N–H and O–H groups in total. The zero-order chi connectivity index (χ0) is 21.0. The zero-order valence-corrected chi connectivity index (χ0v) is 17.5. The molecule has 2 aromatic heterocycles. The largest absolute Gasteiger partial charge is 0.355 e. The van der Waals surface area contributed by atoms with E-state index in [0.717, 1.165) is 0 Å². The van der Waals surface area contributed by atoms with E-state index in [0.29, 0.717) is 0 Å². The molecule has 0 spiro atoms. The fourth-order valence-electron chi connectivity index (χ4n) is 4.02. The first-order chi connectivity index (χ1) is 15.3. The highest BCUT2D eigenvalue weighted by molar-refractivity contribution is 5.87. The predicted octanol–water partition coefficient (Wildman–Crippen LogP) is 7.68. The Kier molecular flexibility index (Phi) is 5.12. The van der Waals surface area contributed by atoms with Gasteiger partial charge in [-0.15, -0.1) is 0 Å². The van der Waals surface area contributed by atoms with Crippen molar-refractivity contribution in [2.45, 2.75) is 0 Å². The summed E-state index contributed by atoms with van der Waals surface area (Å²) in [4.78, 5) is 3.41. The SMILES string of the molecule is Cn1c(-c2ccccc2)cc2ccccc21.c1ccc(-c2cc3ccccc3[nH]2)cc1. The number of para-hydroxylation sites is 2. The Balaban J connectivity index is 0.000000132. The minimum Gasteiger partial charge on any atom is -0.355 e. The van der Waals surface area contributed by atoms with Crippen LogP contribution in [0.2, 0.25) is 0 Å². The molecule has 2 heteroatoms. The number of fused-ring (bicyclic) bond motifs is 2. The Bertz CT molecular complexity index is 1390. The standard InChI is InChI=1S/C15H13N.C14H11N/c1-16-14-10-6-5-9-13(14)11-15(16)12-7-3-2-4-8-12;1-2-6-11(7-3-1)14-10-12-8-4-5-9-13(12)15-14/h2-11H,1H3;1-10,15H. The van der Waals surface area contributed by atoms with E-state index >= 15 is 0 Å². The summed E-state index contributed by atoms with van der Waals surface area (Å²) in [6.45, 7) is 0. The summed E-state index contributed by atoms with van der Waals surface area (Å²) >= 11 is 0. The molecule has 0 aliphatic heterocycles. The van der Waals surface area contributed by atoms with Crippen LogP contribution in [-0.4, -0.2) is 9.55 Å². The first-order valence-corrected chi connectivity index (χ1v) is 10.5. The summed E-state index contributed by atoms with van der Waals surface area (Å²) in [7, 11) is 2.12. The summed E-state index contributed by atoms with van der Waals surface area (Å²) in [5.41, 5.74) is 7.41. The van der Waals surface area contributed by atoms with Gasteiger partial charge in [0.2, 0.25) is 0 Å². The molecule has 0 amide bonds. The van der Waals surface area contributed by atoms with Crippen LogP contribution in [-0.2, 0) is 7.05 Å². The second-order valence-corrected chi connectivity index (χ2v) is 7.65. The maximum Gasteiger partial charge on any atom is 0.0488 e. The monoisotopic (exact) mass is 400 g/mol. The normalized spacial score (nSPS) is 10.7. The number of aromatic amines is 1. The minimum absolute atomic E-state index is 1.18. The van der Waals surface area contributed by atoms with Gasteiger partial charge < -0.3 is 9.55 Å². The first kappa shape index (κ1) is 19.0. The van der Waals surface area contributed by atoms with Gasteiger partial charge in [-0.25, -0.2) is 0 Å². The van der Waals surface area contributed by atoms with Gasteiger partial charge >= 0.3 is 0 Å². The highest BCUT2D eigenvalue weighted by atomic mass is 14.9. The summed E-state index contributed by atoms with van der Waals surface area (Å²) in [5, 5.41) is 2.56. The molecule has 6 aromatic rings. The van der Waals surface area contributed by atoms with Crippen molar-refractivity contribution in [3.8, 4) is 22.5 Å². The van der Waals surface area contributed by atoms with Crippen molar-refractivity contribution in [2.24, 2.45) is 7.05 Å². The number of benzene rings is 4. The van der Waals surface area contributed by atoms with Crippen LogP contribution in [0, 0.1) is 0 Å². The van der Waals surface area contributed by atoms with Gasteiger partial charge in [0, 0.05) is 40.2 Å². The molecular weight excluding hydrogens is 376 g/mol. The van der Waals surface area contributed by atoms with E-state index in [4.69, 9.17) is 0 Å². The summed E-state index contributed by atoms with van der Waals surface area (Å²) in [6.07, 6.45) is 0. The molecule has 0 saturated heterocycles. The maximum atomic E-state index is 3.41. The smallest absolute Gasteiger partial charge is 0.0488 e. The van der Waals surface area contributed by atoms with Crippen molar-refractivity contribution < 1.29 is 0 Å². The average molecular weight is 401 g/mol. The number of rotatable bonds is 2. The van der Waals surface area contributed by atoms with E-state index in [2.05, 4.69) is 120 Å². The van der Waals surface area contributed by atoms with Crippen molar-refractivity contribution in [2.75, 3.05) is 0 Å². The van der Waals surface area contributed by atoms with Gasteiger partial charge in [0.15, 0.2) is 0 Å². The lowest BCUT2D eigenvalue weighted by Crippen LogP contribution is -1.90. The number of hydrogen-bond donors (Lipinski definition) is 1. The molecule has 2 heterocycles. The third-order valence-corrected chi connectivity index (χ3v) is 5.64. The Hall–Kier alpha value is -4.04. The van der Waals surface area contributed by atoms with E-state index in [1.165, 1.54) is 44.3 Å². The molecule has 0 bridgehead atoms. The van der Waals surface area contributed by atoms with Crippen LogP contribution in [0.15, 0.2) is 121 Å². The van der Waals surface area contributed by atoms with Gasteiger partial charge in [-0.1, -0.05) is 97.1 Å². The third-order valence-electron chi connectivity index (χ3n) is 5.64. The number of aromatic nitrogens is 2. The predicted molar refractivity (Wildman–Crippen MR) is 132 cm³/mol. The third kappa shape index (κ3) is 3.88. The van der Waals surface area contributed by atoms with Crippen molar-refractivity contribution in [1.82, 2.24) is 9.55 Å². The fraction of sp³-hybridized carbons (Fsp3) is 0.0345. The number of nitrogens with one attached hydrogen (secondary N) is 1. The molecule has 2 nitrogen and oxygen atoms in total. The molecule has 0 aliphatic rings. The van der Waals surface area contributed by atoms with E-state index < -0.39 is 0 Å². The lowest BCUT2D eigenvalue weighted by Gasteiger charge is -2.03. The number of H-pyrrole nitrogens is 1. The Morgan fingerprint density at radius 2 is 1.13 bits per heavy atom. The molecule has 0 aliphatic carbocycles. The molecule has 31 heavy (non-hydrogen) atoms. The lowest BCUT2D eigenvalue weighted by molar-refractivity contribution is 0.978. The quantitative estimate of drug-likeness (QED) is 0.308. The number of aryl methyl sites for hydroxylation is 1. The van der Waals surface area contributed by atoms with E-state index in [-0.39, 0.29) is 0 Å². The zero-order valence-electron chi connectivity index (χ0n) is 17.5. The molecular formula is C29H24N2. The topological polar surface area (TPSA) is 20.7 Å². The molecule has 150 valence electrons. The summed E-state index contributed by atoms with van der Waals surface area (Å²) < 4.78 is 2.24. The molecule has 0 radical (unpaired) electrons. The molecule has 4 aromatic carbocycles. The van der Waals surface area contributed by atoms with E-state index in [1.807, 2.05) is 18.2 Å². The Morgan fingerprint density at radius 3 is 1.81 bits per heavy atom. The van der Waals surface area contributed by atoms with Gasteiger partial charge in [0.05, 0.1) is 0 Å². The number of nitrogens with zero attached hydrogens (tertiary/aromatic N) is 1. The minimum atomic E-state index is 1.18. The second-order valence-electron chi connectivity index (χ2n) is 7.65.